The molecule has 0 unspecified atom stereocenters. The van der Waals surface area contributed by atoms with Crippen LogP contribution in [0.5, 0.6) is 0 Å². The minimum absolute atomic E-state index is 0.399. The van der Waals surface area contributed by atoms with E-state index >= 15 is 0 Å². The summed E-state index contributed by atoms with van der Waals surface area (Å²) in [4.78, 5) is 0. The molecule has 1 atom stereocenters. The van der Waals surface area contributed by atoms with E-state index in [0.29, 0.717) is 5.92 Å². The molecule has 0 bridgehead atoms. The minimum atomic E-state index is -0.399. The van der Waals surface area contributed by atoms with Crippen molar-refractivity contribution in [3.8, 4) is 11.1 Å². The van der Waals surface area contributed by atoms with E-state index in [2.05, 4.69) is 81.2 Å². The van der Waals surface area contributed by atoms with Crippen LogP contribution in [0.25, 0.3) is 11.1 Å². The quantitative estimate of drug-likeness (QED) is 0.696. The van der Waals surface area contributed by atoms with Crippen LogP contribution >= 0.6 is 0 Å². The molecule has 2 rings (SSSR count). The molecule has 2 aromatic carbocycles. The van der Waals surface area contributed by atoms with Gasteiger partial charge in [0.25, 0.3) is 0 Å². The topological polar surface area (TPSA) is 38.0 Å². The number of nitrogens with two attached hydrogens (primary N) is 1. The Morgan fingerprint density at radius 2 is 1.79 bits per heavy atom. The van der Waals surface area contributed by atoms with Crippen molar-refractivity contribution in [1.82, 2.24) is 0 Å². The number of rotatable bonds is 7. The molecular weight excluding hydrogens is 292 g/mol. The van der Waals surface area contributed by atoms with E-state index in [1.54, 1.807) is 0 Å². The maximum Gasteiger partial charge on any atom is 0.0524 e. The van der Waals surface area contributed by atoms with E-state index < -0.39 is 5.54 Å². The van der Waals surface area contributed by atoms with Crippen LogP contribution in [0, 0.1) is 5.92 Å². The van der Waals surface area contributed by atoms with Gasteiger partial charge in [-0.15, -0.1) is 0 Å². The summed E-state index contributed by atoms with van der Waals surface area (Å²) >= 11 is 0. The Hall–Kier alpha value is -2.06. The Kier molecular flexibility index (Phi) is 5.84. The summed E-state index contributed by atoms with van der Waals surface area (Å²) in [5.74, 6) is 0.668. The second-order valence-corrected chi connectivity index (χ2v) is 7.25. The molecule has 128 valence electrons. The molecule has 0 aliphatic rings. The van der Waals surface area contributed by atoms with Gasteiger partial charge in [-0.2, -0.15) is 0 Å². The highest BCUT2D eigenvalue weighted by Gasteiger charge is 2.19. The van der Waals surface area contributed by atoms with Crippen molar-refractivity contribution in [1.29, 1.82) is 0 Å². The highest BCUT2D eigenvalue weighted by molar-refractivity contribution is 5.67. The Morgan fingerprint density at radius 1 is 1.12 bits per heavy atom. The van der Waals surface area contributed by atoms with Crippen molar-refractivity contribution in [2.75, 3.05) is 5.32 Å². The van der Waals surface area contributed by atoms with Gasteiger partial charge < -0.3 is 11.1 Å². The second-order valence-electron chi connectivity index (χ2n) is 7.25. The van der Waals surface area contributed by atoms with E-state index in [1.165, 1.54) is 16.7 Å². The lowest BCUT2D eigenvalue weighted by molar-refractivity contribution is 0.535. The lowest BCUT2D eigenvalue weighted by Gasteiger charge is -2.26. The van der Waals surface area contributed by atoms with Crippen LogP contribution in [0.15, 0.2) is 60.8 Å². The SMILES string of the molecule is C=C(Nc1ccc(-c2cccc(CC(C)C)c2)cc1)[C@@](C)(N)CC. The summed E-state index contributed by atoms with van der Waals surface area (Å²) in [6.07, 6.45) is 1.96. The summed E-state index contributed by atoms with van der Waals surface area (Å²) in [5.41, 5.74) is 11.6. The van der Waals surface area contributed by atoms with Crippen molar-refractivity contribution >= 4 is 5.69 Å². The molecule has 0 aliphatic heterocycles. The van der Waals surface area contributed by atoms with Crippen molar-refractivity contribution in [2.45, 2.75) is 46.1 Å². The third-order valence-electron chi connectivity index (χ3n) is 4.51. The summed E-state index contributed by atoms with van der Waals surface area (Å²) in [7, 11) is 0. The second kappa shape index (κ2) is 7.67. The average molecular weight is 322 g/mol. The molecule has 0 saturated carbocycles. The van der Waals surface area contributed by atoms with Gasteiger partial charge in [0.15, 0.2) is 0 Å². The smallest absolute Gasteiger partial charge is 0.0524 e. The van der Waals surface area contributed by atoms with E-state index in [9.17, 15) is 0 Å². The van der Waals surface area contributed by atoms with Gasteiger partial charge in [-0.3, -0.25) is 0 Å². The summed E-state index contributed by atoms with van der Waals surface area (Å²) in [6, 6.07) is 17.3. The predicted molar refractivity (Wildman–Crippen MR) is 106 cm³/mol. The number of hydrogen-bond acceptors (Lipinski definition) is 2. The van der Waals surface area contributed by atoms with Crippen molar-refractivity contribution in [3.63, 3.8) is 0 Å². The molecular formula is C22H30N2. The molecule has 2 heteroatoms. The van der Waals surface area contributed by atoms with E-state index in [-0.39, 0.29) is 0 Å². The lowest BCUT2D eigenvalue weighted by atomic mass is 9.96. The fourth-order valence-corrected chi connectivity index (χ4v) is 2.63. The first-order valence-corrected chi connectivity index (χ1v) is 8.76. The summed E-state index contributed by atoms with van der Waals surface area (Å²) in [6.45, 7) is 12.6. The molecule has 0 fully saturated rings. The van der Waals surface area contributed by atoms with Crippen LogP contribution in [-0.4, -0.2) is 5.54 Å². The van der Waals surface area contributed by atoms with Gasteiger partial charge in [0.2, 0.25) is 0 Å². The molecule has 0 spiro atoms. The molecule has 2 aromatic rings. The number of nitrogens with one attached hydrogen (secondary N) is 1. The lowest BCUT2D eigenvalue weighted by Crippen LogP contribution is -2.39. The Morgan fingerprint density at radius 3 is 2.38 bits per heavy atom. The van der Waals surface area contributed by atoms with Crippen molar-refractivity contribution in [3.05, 3.63) is 66.4 Å². The molecule has 24 heavy (non-hydrogen) atoms. The Balaban J connectivity index is 2.13. The van der Waals surface area contributed by atoms with Gasteiger partial charge in [0.1, 0.15) is 0 Å². The maximum atomic E-state index is 6.22. The minimum Gasteiger partial charge on any atom is -0.358 e. The summed E-state index contributed by atoms with van der Waals surface area (Å²) < 4.78 is 0. The van der Waals surface area contributed by atoms with Crippen molar-refractivity contribution < 1.29 is 0 Å². The molecule has 0 heterocycles. The van der Waals surface area contributed by atoms with Crippen LogP contribution in [0.1, 0.15) is 39.7 Å². The van der Waals surface area contributed by atoms with Crippen LogP contribution < -0.4 is 11.1 Å². The molecule has 0 saturated heterocycles. The van der Waals surface area contributed by atoms with Crippen LogP contribution in [0.3, 0.4) is 0 Å². The molecule has 0 amide bonds. The molecule has 0 radical (unpaired) electrons. The number of anilines is 1. The van der Waals surface area contributed by atoms with E-state index in [0.717, 1.165) is 24.2 Å². The van der Waals surface area contributed by atoms with Gasteiger partial charge in [0.05, 0.1) is 5.54 Å². The normalized spacial score (nSPS) is 13.6. The first kappa shape index (κ1) is 18.3. The largest absolute Gasteiger partial charge is 0.358 e. The highest BCUT2D eigenvalue weighted by Crippen LogP contribution is 2.25. The fraction of sp³-hybridized carbons (Fsp3) is 0.364. The number of hydrogen-bond donors (Lipinski definition) is 2. The van der Waals surface area contributed by atoms with Crippen LogP contribution in [-0.2, 0) is 6.42 Å². The van der Waals surface area contributed by atoms with Gasteiger partial charge in [0, 0.05) is 11.4 Å². The maximum absolute atomic E-state index is 6.22. The first-order valence-electron chi connectivity index (χ1n) is 8.76. The van der Waals surface area contributed by atoms with E-state index in [4.69, 9.17) is 5.73 Å². The van der Waals surface area contributed by atoms with E-state index in [1.807, 2.05) is 6.92 Å². The van der Waals surface area contributed by atoms with Gasteiger partial charge in [-0.1, -0.05) is 63.7 Å². The van der Waals surface area contributed by atoms with Gasteiger partial charge in [-0.05, 0) is 54.5 Å². The molecule has 0 aromatic heterocycles. The first-order chi connectivity index (χ1) is 11.3. The third-order valence-corrected chi connectivity index (χ3v) is 4.51. The van der Waals surface area contributed by atoms with Crippen LogP contribution in [0.2, 0.25) is 0 Å². The third kappa shape index (κ3) is 4.72. The van der Waals surface area contributed by atoms with Gasteiger partial charge in [-0.25, -0.2) is 0 Å². The number of benzene rings is 2. The highest BCUT2D eigenvalue weighted by atomic mass is 15.0. The zero-order chi connectivity index (χ0) is 17.7. The van der Waals surface area contributed by atoms with Gasteiger partial charge >= 0.3 is 0 Å². The average Bonchev–Trinajstić information content (AvgIpc) is 2.55. The predicted octanol–water partition coefficient (Wildman–Crippen LogP) is 5.61. The zero-order valence-electron chi connectivity index (χ0n) is 15.4. The Labute approximate surface area is 146 Å². The zero-order valence-corrected chi connectivity index (χ0v) is 15.4. The monoisotopic (exact) mass is 322 g/mol. The standard InChI is InChI=1S/C22H30N2/c1-6-22(5,23)17(4)24-21-12-10-19(11-13-21)20-9-7-8-18(15-20)14-16(2)3/h7-13,15-16,24H,4,6,14,23H2,1-3,5H3/t22-/m0/s1. The molecule has 2 nitrogen and oxygen atoms in total. The van der Waals surface area contributed by atoms with Crippen LogP contribution in [0.4, 0.5) is 5.69 Å². The molecule has 0 aliphatic carbocycles. The van der Waals surface area contributed by atoms with Crippen molar-refractivity contribution in [2.24, 2.45) is 11.7 Å². The Bertz CT molecular complexity index is 681. The fourth-order valence-electron chi connectivity index (χ4n) is 2.63. The summed E-state index contributed by atoms with van der Waals surface area (Å²) in [5, 5.41) is 3.33. The molecule has 3 N–H and O–H groups in total.